The third-order valence-electron chi connectivity index (χ3n) is 5.64. The zero-order valence-electron chi connectivity index (χ0n) is 21.6. The third-order valence-corrected chi connectivity index (χ3v) is 7.84. The predicted octanol–water partition coefficient (Wildman–Crippen LogP) is 5.81. The minimum absolute atomic E-state index is 0.0637. The molecule has 1 N–H and O–H groups in total. The van der Waals surface area contributed by atoms with Crippen molar-refractivity contribution in [3.8, 4) is 5.75 Å². The molecule has 0 heterocycles. The minimum Gasteiger partial charge on any atom is -0.462 e. The van der Waals surface area contributed by atoms with Crippen LogP contribution in [0.4, 0.5) is 26.3 Å². The van der Waals surface area contributed by atoms with E-state index in [1.54, 1.807) is 7.11 Å². The molecular weight excluding hydrogens is 598 g/mol. The lowest BCUT2D eigenvalue weighted by Gasteiger charge is -2.29. The van der Waals surface area contributed by atoms with E-state index in [2.05, 4.69) is 4.18 Å². The summed E-state index contributed by atoms with van der Waals surface area (Å²) in [5.41, 5.74) is -0.190. The molecule has 0 spiro atoms. The van der Waals surface area contributed by atoms with Crippen LogP contribution in [0.3, 0.4) is 0 Å². The first-order valence-corrected chi connectivity index (χ1v) is 15.1. The van der Waals surface area contributed by atoms with Crippen molar-refractivity contribution in [1.82, 2.24) is 0 Å². The molecule has 0 aromatic heterocycles. The Morgan fingerprint density at radius 2 is 1.15 bits per heavy atom. The quantitative estimate of drug-likeness (QED) is 0.0623. The van der Waals surface area contributed by atoms with Gasteiger partial charge in [-0.25, -0.2) is 4.79 Å². The fourth-order valence-corrected chi connectivity index (χ4v) is 4.75. The lowest BCUT2D eigenvalue weighted by Crippen LogP contribution is -2.61. The summed E-state index contributed by atoms with van der Waals surface area (Å²) in [6.45, 7) is 0.837. The van der Waals surface area contributed by atoms with Gasteiger partial charge in [0, 0.05) is 13.7 Å². The summed E-state index contributed by atoms with van der Waals surface area (Å²) >= 11 is 0. The predicted molar refractivity (Wildman–Crippen MR) is 131 cm³/mol. The van der Waals surface area contributed by atoms with Gasteiger partial charge in [0.25, 0.3) is 0 Å². The Kier molecular flexibility index (Phi) is 13.7. The molecule has 0 bridgehead atoms. The number of carbonyl (C=O) groups excluding carboxylic acids is 1. The van der Waals surface area contributed by atoms with Crippen molar-refractivity contribution in [1.29, 1.82) is 0 Å². The largest absolute Gasteiger partial charge is 0.462 e. The van der Waals surface area contributed by atoms with E-state index in [0.29, 0.717) is 18.6 Å². The van der Waals surface area contributed by atoms with E-state index in [1.165, 1.54) is 6.42 Å². The van der Waals surface area contributed by atoms with Gasteiger partial charge in [0.15, 0.2) is 0 Å². The molecule has 0 saturated carbocycles. The molecule has 232 valence electrons. The zero-order valence-corrected chi connectivity index (χ0v) is 23.2. The van der Waals surface area contributed by atoms with Crippen LogP contribution in [-0.4, -0.2) is 64.1 Å². The highest BCUT2D eigenvalue weighted by Gasteiger charge is 2.83. The lowest BCUT2D eigenvalue weighted by molar-refractivity contribution is -0.247. The molecule has 0 aliphatic rings. The minimum atomic E-state index is -7.15. The summed E-state index contributed by atoms with van der Waals surface area (Å²) < 4.78 is 148. The number of ether oxygens (including phenoxy) is 2. The highest BCUT2D eigenvalue weighted by atomic mass is 32.2. The number of carbonyl (C=O) groups is 1. The van der Waals surface area contributed by atoms with E-state index < -0.39 is 48.4 Å². The van der Waals surface area contributed by atoms with Gasteiger partial charge in [-0.2, -0.15) is 43.2 Å². The SMILES string of the molecule is COCCCCCCCCCCCCOC(=O)c1ccc(OS(=O)(=O)C(F)(F)C(F)(F)C(F)(F)S(=O)(=O)O)cc1. The van der Waals surface area contributed by atoms with Crippen LogP contribution in [0.25, 0.3) is 0 Å². The topological polar surface area (TPSA) is 133 Å². The molecule has 9 nitrogen and oxygen atoms in total. The summed E-state index contributed by atoms with van der Waals surface area (Å²) in [4.78, 5) is 12.1. The van der Waals surface area contributed by atoms with Gasteiger partial charge in [0.1, 0.15) is 5.75 Å². The Labute approximate surface area is 229 Å². The van der Waals surface area contributed by atoms with Gasteiger partial charge < -0.3 is 13.7 Å². The lowest BCUT2D eigenvalue weighted by atomic mass is 10.1. The molecule has 40 heavy (non-hydrogen) atoms. The number of rotatable bonds is 20. The number of hydrogen-bond donors (Lipinski definition) is 1. The zero-order chi connectivity index (χ0) is 30.7. The molecule has 1 rings (SSSR count). The molecule has 0 aliphatic carbocycles. The summed E-state index contributed by atoms with van der Waals surface area (Å²) in [6.07, 6.45) is 10.1. The molecule has 1 aromatic rings. The molecule has 0 radical (unpaired) electrons. The van der Waals surface area contributed by atoms with Crippen molar-refractivity contribution in [3.63, 3.8) is 0 Å². The monoisotopic (exact) mass is 630 g/mol. The number of hydrogen-bond acceptors (Lipinski definition) is 8. The van der Waals surface area contributed by atoms with E-state index in [9.17, 15) is 48.0 Å². The Morgan fingerprint density at radius 3 is 1.57 bits per heavy atom. The van der Waals surface area contributed by atoms with Crippen LogP contribution in [0.15, 0.2) is 24.3 Å². The van der Waals surface area contributed by atoms with Gasteiger partial charge in [0.05, 0.1) is 12.2 Å². The second-order valence-electron chi connectivity index (χ2n) is 8.81. The van der Waals surface area contributed by atoms with Gasteiger partial charge in [0.2, 0.25) is 0 Å². The average molecular weight is 631 g/mol. The third kappa shape index (κ3) is 9.48. The first kappa shape index (κ1) is 35.9. The highest BCUT2D eigenvalue weighted by Crippen LogP contribution is 2.50. The Bertz CT molecular complexity index is 1140. The first-order chi connectivity index (χ1) is 18.4. The summed E-state index contributed by atoms with van der Waals surface area (Å²) in [5, 5.41) is -13.7. The Morgan fingerprint density at radius 1 is 0.725 bits per heavy atom. The van der Waals surface area contributed by atoms with Crippen molar-refractivity contribution >= 4 is 26.2 Å². The van der Waals surface area contributed by atoms with Crippen molar-refractivity contribution in [3.05, 3.63) is 29.8 Å². The molecule has 0 amide bonds. The van der Waals surface area contributed by atoms with Crippen LogP contribution in [-0.2, 0) is 29.7 Å². The number of benzene rings is 1. The molecule has 0 unspecified atom stereocenters. The van der Waals surface area contributed by atoms with Crippen molar-refractivity contribution in [2.45, 2.75) is 80.6 Å². The average Bonchev–Trinajstić information content (AvgIpc) is 2.85. The van der Waals surface area contributed by atoms with Crippen LogP contribution in [0.5, 0.6) is 5.75 Å². The second kappa shape index (κ2) is 15.2. The van der Waals surface area contributed by atoms with Crippen molar-refractivity contribution in [2.24, 2.45) is 0 Å². The molecule has 1 aromatic carbocycles. The van der Waals surface area contributed by atoms with Gasteiger partial charge >= 0.3 is 42.6 Å². The smallest absolute Gasteiger partial charge is 0.450 e. The van der Waals surface area contributed by atoms with E-state index in [4.69, 9.17) is 14.0 Å². The molecular formula is C23H32F6O9S2. The summed E-state index contributed by atoms with van der Waals surface area (Å²) in [5.74, 6) is -9.08. The molecule has 0 fully saturated rings. The second-order valence-corrected chi connectivity index (χ2v) is 11.9. The van der Waals surface area contributed by atoms with E-state index >= 15 is 0 Å². The fourth-order valence-electron chi connectivity index (χ4n) is 3.32. The molecule has 17 heteroatoms. The van der Waals surface area contributed by atoms with E-state index in [1.807, 2.05) is 0 Å². The number of methoxy groups -OCH3 is 1. The van der Waals surface area contributed by atoms with Crippen LogP contribution in [0, 0.1) is 0 Å². The molecule has 0 atom stereocenters. The van der Waals surface area contributed by atoms with Crippen LogP contribution in [0.2, 0.25) is 0 Å². The molecule has 0 aliphatic heterocycles. The van der Waals surface area contributed by atoms with Gasteiger partial charge in [-0.05, 0) is 37.1 Å². The number of alkyl halides is 6. The Balaban J connectivity index is 2.52. The van der Waals surface area contributed by atoms with E-state index in [-0.39, 0.29) is 12.2 Å². The standard InChI is InChI=1S/C23H32F6O9S2/c1-36-16-10-8-6-4-2-3-5-7-9-11-17-37-20(30)18-12-14-19(15-13-18)38-40(34,35)23(28,29)21(24,25)22(26,27)39(31,32)33/h12-15H,2-11,16-17H2,1H3,(H,31,32,33). The maximum absolute atomic E-state index is 13.9. The number of unbranched alkanes of at least 4 members (excludes halogenated alkanes) is 9. The fraction of sp³-hybridized carbons (Fsp3) is 0.696. The normalized spacial score (nSPS) is 13.3. The van der Waals surface area contributed by atoms with Gasteiger partial charge in [-0.3, -0.25) is 4.55 Å². The summed E-state index contributed by atoms with van der Waals surface area (Å²) in [6, 6.07) is 2.85. The van der Waals surface area contributed by atoms with Crippen LogP contribution in [0.1, 0.15) is 74.6 Å². The Hall–Kier alpha value is -2.11. The molecule has 0 saturated heterocycles. The summed E-state index contributed by atoms with van der Waals surface area (Å²) in [7, 11) is -12.4. The first-order valence-electron chi connectivity index (χ1n) is 12.2. The van der Waals surface area contributed by atoms with Crippen molar-refractivity contribution in [2.75, 3.05) is 20.3 Å². The van der Waals surface area contributed by atoms with Crippen LogP contribution < -0.4 is 4.18 Å². The maximum atomic E-state index is 13.9. The number of esters is 1. The number of halogens is 6. The van der Waals surface area contributed by atoms with Crippen LogP contribution >= 0.6 is 0 Å². The highest BCUT2D eigenvalue weighted by molar-refractivity contribution is 7.88. The van der Waals surface area contributed by atoms with E-state index in [0.717, 1.165) is 70.1 Å². The van der Waals surface area contributed by atoms with Gasteiger partial charge in [-0.15, -0.1) is 0 Å². The maximum Gasteiger partial charge on any atom is 0.450 e. The van der Waals surface area contributed by atoms with Crippen molar-refractivity contribution < 1.29 is 66.2 Å². The van der Waals surface area contributed by atoms with Gasteiger partial charge in [-0.1, -0.05) is 51.4 Å².